The van der Waals surface area contributed by atoms with Gasteiger partial charge < -0.3 is 8.92 Å². The SMILES string of the molecule is COc1cccnc1OS(C)(=O)=O. The third-order valence-corrected chi connectivity index (χ3v) is 1.65. The lowest BCUT2D eigenvalue weighted by molar-refractivity contribution is 0.385. The minimum Gasteiger partial charge on any atom is -0.491 e. The van der Waals surface area contributed by atoms with Crippen molar-refractivity contribution in [2.24, 2.45) is 0 Å². The first-order valence-corrected chi connectivity index (χ1v) is 5.23. The van der Waals surface area contributed by atoms with Crippen LogP contribution in [0.25, 0.3) is 0 Å². The predicted molar refractivity (Wildman–Crippen MR) is 46.3 cm³/mol. The Morgan fingerprint density at radius 1 is 1.46 bits per heavy atom. The largest absolute Gasteiger partial charge is 0.491 e. The van der Waals surface area contributed by atoms with Crippen LogP contribution in [0.3, 0.4) is 0 Å². The number of nitrogens with zero attached hydrogens (tertiary/aromatic N) is 1. The monoisotopic (exact) mass is 203 g/mol. The molecule has 0 N–H and O–H groups in total. The van der Waals surface area contributed by atoms with Gasteiger partial charge in [-0.25, -0.2) is 4.98 Å². The average molecular weight is 203 g/mol. The van der Waals surface area contributed by atoms with Gasteiger partial charge in [-0.3, -0.25) is 0 Å². The molecule has 0 saturated heterocycles. The van der Waals surface area contributed by atoms with E-state index in [4.69, 9.17) is 4.74 Å². The third kappa shape index (κ3) is 2.90. The van der Waals surface area contributed by atoms with Crippen molar-refractivity contribution in [1.29, 1.82) is 0 Å². The van der Waals surface area contributed by atoms with Gasteiger partial charge in [0.1, 0.15) is 0 Å². The van der Waals surface area contributed by atoms with Crippen molar-refractivity contribution in [1.82, 2.24) is 4.98 Å². The molecule has 0 spiro atoms. The molecule has 0 atom stereocenters. The fourth-order valence-electron chi connectivity index (χ4n) is 0.737. The highest BCUT2D eigenvalue weighted by atomic mass is 32.2. The molecule has 0 aromatic carbocycles. The molecule has 13 heavy (non-hydrogen) atoms. The summed E-state index contributed by atoms with van der Waals surface area (Å²) in [5.41, 5.74) is 0. The lowest BCUT2D eigenvalue weighted by atomic mass is 10.4. The number of hydrogen-bond acceptors (Lipinski definition) is 5. The molecule has 0 saturated carbocycles. The first-order valence-electron chi connectivity index (χ1n) is 3.41. The Balaban J connectivity index is 3.01. The van der Waals surface area contributed by atoms with Crippen LogP contribution in [0.4, 0.5) is 0 Å². The molecule has 0 aliphatic heterocycles. The van der Waals surface area contributed by atoms with E-state index in [0.29, 0.717) is 0 Å². The molecule has 6 heteroatoms. The van der Waals surface area contributed by atoms with E-state index in [9.17, 15) is 8.42 Å². The normalized spacial score (nSPS) is 10.9. The van der Waals surface area contributed by atoms with E-state index in [1.54, 1.807) is 12.1 Å². The van der Waals surface area contributed by atoms with E-state index in [-0.39, 0.29) is 11.6 Å². The van der Waals surface area contributed by atoms with Gasteiger partial charge in [-0.05, 0) is 12.1 Å². The minimum absolute atomic E-state index is 0.0486. The summed E-state index contributed by atoms with van der Waals surface area (Å²) >= 11 is 0. The Morgan fingerprint density at radius 2 is 2.15 bits per heavy atom. The van der Waals surface area contributed by atoms with Gasteiger partial charge in [0.05, 0.1) is 13.4 Å². The Hall–Kier alpha value is -1.30. The molecule has 0 bridgehead atoms. The van der Waals surface area contributed by atoms with Gasteiger partial charge in [0.25, 0.3) is 5.88 Å². The Kier molecular flexibility index (Phi) is 2.72. The number of hydrogen-bond donors (Lipinski definition) is 0. The van der Waals surface area contributed by atoms with Gasteiger partial charge in [-0.1, -0.05) is 0 Å². The van der Waals surface area contributed by atoms with Crippen LogP contribution >= 0.6 is 0 Å². The zero-order valence-electron chi connectivity index (χ0n) is 7.22. The van der Waals surface area contributed by atoms with Crippen LogP contribution in [0, 0.1) is 0 Å². The summed E-state index contributed by atoms with van der Waals surface area (Å²) in [6.07, 6.45) is 2.37. The molecule has 0 fully saturated rings. The van der Waals surface area contributed by atoms with Crippen LogP contribution in [-0.4, -0.2) is 26.8 Å². The molecule has 1 aromatic heterocycles. The maximum atomic E-state index is 10.8. The van der Waals surface area contributed by atoms with E-state index in [0.717, 1.165) is 6.26 Å². The van der Waals surface area contributed by atoms with E-state index in [1.807, 2.05) is 0 Å². The van der Waals surface area contributed by atoms with Gasteiger partial charge in [-0.2, -0.15) is 8.42 Å². The summed E-state index contributed by atoms with van der Waals surface area (Å²) in [4.78, 5) is 3.71. The van der Waals surface area contributed by atoms with Crippen molar-refractivity contribution in [3.05, 3.63) is 18.3 Å². The van der Waals surface area contributed by atoms with E-state index in [1.165, 1.54) is 13.3 Å². The molecular weight excluding hydrogens is 194 g/mol. The van der Waals surface area contributed by atoms with Crippen LogP contribution in [0.5, 0.6) is 11.6 Å². The summed E-state index contributed by atoms with van der Waals surface area (Å²) < 4.78 is 30.9. The lowest BCUT2D eigenvalue weighted by Gasteiger charge is -2.05. The maximum Gasteiger partial charge on any atom is 0.307 e. The predicted octanol–water partition coefficient (Wildman–Crippen LogP) is 0.429. The standard InChI is InChI=1S/C7H9NO4S/c1-11-6-4-3-5-8-7(6)12-13(2,9)10/h3-5H,1-2H3. The number of aromatic nitrogens is 1. The topological polar surface area (TPSA) is 65.5 Å². The fraction of sp³-hybridized carbons (Fsp3) is 0.286. The molecule has 0 aliphatic rings. The van der Waals surface area contributed by atoms with Crippen molar-refractivity contribution < 1.29 is 17.3 Å². The molecule has 0 amide bonds. The van der Waals surface area contributed by atoms with Crippen LogP contribution in [0.2, 0.25) is 0 Å². The highest BCUT2D eigenvalue weighted by Crippen LogP contribution is 2.23. The molecule has 1 rings (SSSR count). The van der Waals surface area contributed by atoms with Crippen LogP contribution in [-0.2, 0) is 10.1 Å². The van der Waals surface area contributed by atoms with Crippen LogP contribution < -0.4 is 8.92 Å². The van der Waals surface area contributed by atoms with Gasteiger partial charge in [0.15, 0.2) is 5.75 Å². The number of methoxy groups -OCH3 is 1. The maximum absolute atomic E-state index is 10.8. The first kappa shape index (κ1) is 9.79. The van der Waals surface area contributed by atoms with Crippen molar-refractivity contribution >= 4 is 10.1 Å². The molecule has 1 aromatic rings. The molecular formula is C7H9NO4S. The summed E-state index contributed by atoms with van der Waals surface area (Å²) in [5, 5.41) is 0. The van der Waals surface area contributed by atoms with Gasteiger partial charge in [0, 0.05) is 6.20 Å². The lowest BCUT2D eigenvalue weighted by Crippen LogP contribution is -2.07. The quantitative estimate of drug-likeness (QED) is 0.666. The summed E-state index contributed by atoms with van der Waals surface area (Å²) in [6, 6.07) is 3.18. The minimum atomic E-state index is -3.55. The Morgan fingerprint density at radius 3 is 2.69 bits per heavy atom. The third-order valence-electron chi connectivity index (χ3n) is 1.19. The molecule has 0 aliphatic carbocycles. The molecule has 0 radical (unpaired) electrons. The summed E-state index contributed by atoms with van der Waals surface area (Å²) in [6.45, 7) is 0. The number of ether oxygens (including phenoxy) is 1. The number of pyridine rings is 1. The first-order chi connectivity index (χ1) is 6.03. The van der Waals surface area contributed by atoms with E-state index >= 15 is 0 Å². The van der Waals surface area contributed by atoms with Crippen molar-refractivity contribution in [3.8, 4) is 11.6 Å². The zero-order valence-corrected chi connectivity index (χ0v) is 8.04. The summed E-state index contributed by atoms with van der Waals surface area (Å²) in [5.74, 6) is 0.237. The van der Waals surface area contributed by atoms with E-state index in [2.05, 4.69) is 9.17 Å². The van der Waals surface area contributed by atoms with Gasteiger partial charge >= 0.3 is 10.1 Å². The fourth-order valence-corrected chi connectivity index (χ4v) is 1.15. The van der Waals surface area contributed by atoms with Crippen LogP contribution in [0.15, 0.2) is 18.3 Å². The highest BCUT2D eigenvalue weighted by Gasteiger charge is 2.10. The van der Waals surface area contributed by atoms with E-state index < -0.39 is 10.1 Å². The Labute approximate surface area is 76.4 Å². The second kappa shape index (κ2) is 3.61. The smallest absolute Gasteiger partial charge is 0.307 e. The van der Waals surface area contributed by atoms with Crippen molar-refractivity contribution in [2.75, 3.05) is 13.4 Å². The highest BCUT2D eigenvalue weighted by molar-refractivity contribution is 7.86. The number of rotatable bonds is 3. The zero-order chi connectivity index (χ0) is 9.90. The summed E-state index contributed by atoms with van der Waals surface area (Å²) in [7, 11) is -2.14. The average Bonchev–Trinajstić information content (AvgIpc) is 2.02. The van der Waals surface area contributed by atoms with Crippen molar-refractivity contribution in [3.63, 3.8) is 0 Å². The Bertz CT molecular complexity index is 387. The van der Waals surface area contributed by atoms with Crippen LogP contribution in [0.1, 0.15) is 0 Å². The van der Waals surface area contributed by atoms with Crippen molar-refractivity contribution in [2.45, 2.75) is 0 Å². The van der Waals surface area contributed by atoms with Gasteiger partial charge in [-0.15, -0.1) is 0 Å². The molecule has 72 valence electrons. The second-order valence-corrected chi connectivity index (χ2v) is 3.87. The molecule has 1 heterocycles. The molecule has 5 nitrogen and oxygen atoms in total. The molecule has 0 unspecified atom stereocenters. The van der Waals surface area contributed by atoms with Gasteiger partial charge in [0.2, 0.25) is 0 Å². The second-order valence-electron chi connectivity index (χ2n) is 2.30.